The van der Waals surface area contributed by atoms with Crippen LogP contribution in [0.25, 0.3) is 5.57 Å². The number of benzene rings is 1. The van der Waals surface area contributed by atoms with Gasteiger partial charge in [0.2, 0.25) is 0 Å². The van der Waals surface area contributed by atoms with E-state index in [1.807, 2.05) is 35.0 Å². The van der Waals surface area contributed by atoms with Gasteiger partial charge in [-0.3, -0.25) is 9.59 Å². The molecular formula is C19H17ClO3S. The summed E-state index contributed by atoms with van der Waals surface area (Å²) in [7, 11) is 0. The van der Waals surface area contributed by atoms with Gasteiger partial charge in [-0.1, -0.05) is 29.8 Å². The highest BCUT2D eigenvalue weighted by atomic mass is 35.5. The van der Waals surface area contributed by atoms with Gasteiger partial charge in [0, 0.05) is 10.9 Å². The standard InChI is InChI=1S/C19H17ClO3S/c1-2-23-19(22)18-15(14-5-3-4-6-16(14)20)9-13(10-17(18)21)12-7-8-24-11-12/h3-8,10-11,15,18H,2,9H2,1H3. The fraction of sp³-hybridized carbons (Fsp3) is 0.263. The first-order valence-electron chi connectivity index (χ1n) is 7.80. The molecule has 2 aromatic rings. The van der Waals surface area contributed by atoms with Gasteiger partial charge in [0.15, 0.2) is 5.78 Å². The SMILES string of the molecule is CCOC(=O)C1C(=O)C=C(c2ccsc2)CC1c1ccccc1Cl. The van der Waals surface area contributed by atoms with Crippen LogP contribution in [-0.4, -0.2) is 18.4 Å². The Balaban J connectivity index is 2.04. The van der Waals surface area contributed by atoms with Gasteiger partial charge < -0.3 is 4.74 Å². The normalized spacial score (nSPS) is 20.6. The van der Waals surface area contributed by atoms with Gasteiger partial charge in [-0.25, -0.2) is 0 Å². The van der Waals surface area contributed by atoms with Gasteiger partial charge in [-0.2, -0.15) is 11.3 Å². The molecule has 0 radical (unpaired) electrons. The van der Waals surface area contributed by atoms with Crippen molar-refractivity contribution in [3.05, 3.63) is 63.3 Å². The molecule has 5 heteroatoms. The maximum Gasteiger partial charge on any atom is 0.317 e. The van der Waals surface area contributed by atoms with Crippen molar-refractivity contribution in [2.24, 2.45) is 5.92 Å². The molecule has 2 atom stereocenters. The van der Waals surface area contributed by atoms with E-state index >= 15 is 0 Å². The molecule has 0 fully saturated rings. The summed E-state index contributed by atoms with van der Waals surface area (Å²) in [6.45, 7) is 1.99. The van der Waals surface area contributed by atoms with Crippen molar-refractivity contribution >= 4 is 40.3 Å². The fourth-order valence-corrected chi connectivity index (χ4v) is 4.06. The third-order valence-electron chi connectivity index (χ3n) is 4.20. The Morgan fingerprint density at radius 1 is 1.33 bits per heavy atom. The van der Waals surface area contributed by atoms with Crippen LogP contribution in [-0.2, 0) is 14.3 Å². The average molecular weight is 361 g/mol. The van der Waals surface area contributed by atoms with Crippen molar-refractivity contribution in [1.29, 1.82) is 0 Å². The van der Waals surface area contributed by atoms with E-state index in [1.54, 1.807) is 30.4 Å². The average Bonchev–Trinajstić information content (AvgIpc) is 3.09. The van der Waals surface area contributed by atoms with E-state index in [0.717, 1.165) is 16.7 Å². The van der Waals surface area contributed by atoms with E-state index in [2.05, 4.69) is 0 Å². The number of ketones is 1. The Bertz CT molecular complexity index is 780. The van der Waals surface area contributed by atoms with Crippen molar-refractivity contribution in [2.45, 2.75) is 19.3 Å². The minimum absolute atomic E-state index is 0.217. The predicted octanol–water partition coefficient (Wildman–Crippen LogP) is 4.72. The summed E-state index contributed by atoms with van der Waals surface area (Å²) < 4.78 is 5.14. The van der Waals surface area contributed by atoms with Gasteiger partial charge in [-0.15, -0.1) is 0 Å². The fourth-order valence-electron chi connectivity index (χ4n) is 3.10. The number of carbonyl (C=O) groups is 2. The summed E-state index contributed by atoms with van der Waals surface area (Å²) in [6.07, 6.45) is 2.16. The zero-order valence-electron chi connectivity index (χ0n) is 13.2. The summed E-state index contributed by atoms with van der Waals surface area (Å²) in [5, 5.41) is 4.55. The number of hydrogen-bond donors (Lipinski definition) is 0. The maximum absolute atomic E-state index is 12.7. The molecular weight excluding hydrogens is 344 g/mol. The van der Waals surface area contributed by atoms with E-state index in [-0.39, 0.29) is 18.3 Å². The Kier molecular flexibility index (Phi) is 5.17. The monoisotopic (exact) mass is 360 g/mol. The van der Waals surface area contributed by atoms with Crippen LogP contribution in [0.2, 0.25) is 5.02 Å². The third-order valence-corrected chi connectivity index (χ3v) is 5.23. The molecule has 1 aromatic carbocycles. The lowest BCUT2D eigenvalue weighted by molar-refractivity contribution is -0.151. The van der Waals surface area contributed by atoms with Crippen LogP contribution in [0, 0.1) is 5.92 Å². The summed E-state index contributed by atoms with van der Waals surface area (Å²) in [5.41, 5.74) is 2.77. The highest BCUT2D eigenvalue weighted by Gasteiger charge is 2.40. The highest BCUT2D eigenvalue weighted by Crippen LogP contribution is 2.42. The molecule has 1 aromatic heterocycles. The molecule has 0 bridgehead atoms. The summed E-state index contributed by atoms with van der Waals surface area (Å²) in [4.78, 5) is 25.1. The molecule has 0 N–H and O–H groups in total. The number of rotatable bonds is 4. The first-order valence-corrected chi connectivity index (χ1v) is 9.12. The number of halogens is 1. The van der Waals surface area contributed by atoms with Gasteiger partial charge >= 0.3 is 5.97 Å². The molecule has 0 aliphatic heterocycles. The van der Waals surface area contributed by atoms with Crippen molar-refractivity contribution in [2.75, 3.05) is 6.61 Å². The van der Waals surface area contributed by atoms with Gasteiger partial charge in [0.05, 0.1) is 6.61 Å². The Labute approximate surface area is 149 Å². The maximum atomic E-state index is 12.7. The van der Waals surface area contributed by atoms with E-state index in [9.17, 15) is 9.59 Å². The van der Waals surface area contributed by atoms with Crippen molar-refractivity contribution in [3.63, 3.8) is 0 Å². The van der Waals surface area contributed by atoms with Crippen LogP contribution < -0.4 is 0 Å². The molecule has 3 rings (SSSR count). The molecule has 1 aliphatic rings. The molecule has 124 valence electrons. The summed E-state index contributed by atoms with van der Waals surface area (Å²) >= 11 is 7.92. The number of allylic oxidation sites excluding steroid dienone is 2. The number of thiophene rings is 1. The van der Waals surface area contributed by atoms with E-state index < -0.39 is 11.9 Å². The zero-order valence-corrected chi connectivity index (χ0v) is 14.8. The number of hydrogen-bond acceptors (Lipinski definition) is 4. The van der Waals surface area contributed by atoms with Gasteiger partial charge in [-0.05, 0) is 59.0 Å². The molecule has 1 heterocycles. The quantitative estimate of drug-likeness (QED) is 0.585. The molecule has 0 saturated carbocycles. The molecule has 1 aliphatic carbocycles. The number of carbonyl (C=O) groups excluding carboxylic acids is 2. The number of ether oxygens (including phenoxy) is 1. The molecule has 24 heavy (non-hydrogen) atoms. The lowest BCUT2D eigenvalue weighted by Gasteiger charge is -2.29. The topological polar surface area (TPSA) is 43.4 Å². The van der Waals surface area contributed by atoms with Gasteiger partial charge in [0.1, 0.15) is 5.92 Å². The molecule has 0 amide bonds. The van der Waals surface area contributed by atoms with Crippen molar-refractivity contribution < 1.29 is 14.3 Å². The van der Waals surface area contributed by atoms with E-state index in [4.69, 9.17) is 16.3 Å². The largest absolute Gasteiger partial charge is 0.465 e. The second-order valence-corrected chi connectivity index (χ2v) is 6.83. The minimum Gasteiger partial charge on any atom is -0.465 e. The lowest BCUT2D eigenvalue weighted by atomic mass is 9.74. The zero-order chi connectivity index (χ0) is 17.1. The molecule has 3 nitrogen and oxygen atoms in total. The minimum atomic E-state index is -0.841. The highest BCUT2D eigenvalue weighted by molar-refractivity contribution is 7.08. The Hall–Kier alpha value is -1.91. The second kappa shape index (κ2) is 7.32. The number of esters is 1. The summed E-state index contributed by atoms with van der Waals surface area (Å²) in [5.74, 6) is -1.85. The Morgan fingerprint density at radius 3 is 2.79 bits per heavy atom. The van der Waals surface area contributed by atoms with Crippen LogP contribution in [0.15, 0.2) is 47.2 Å². The van der Waals surface area contributed by atoms with E-state index in [0.29, 0.717) is 11.4 Å². The predicted molar refractivity (Wildman–Crippen MR) is 96.2 cm³/mol. The van der Waals surface area contributed by atoms with Crippen molar-refractivity contribution in [1.82, 2.24) is 0 Å². The Morgan fingerprint density at radius 2 is 2.12 bits per heavy atom. The molecule has 0 spiro atoms. The van der Waals surface area contributed by atoms with Crippen LogP contribution in [0.1, 0.15) is 30.4 Å². The smallest absolute Gasteiger partial charge is 0.317 e. The first-order chi connectivity index (χ1) is 11.6. The van der Waals surface area contributed by atoms with Crippen LogP contribution in [0.5, 0.6) is 0 Å². The third kappa shape index (κ3) is 3.30. The summed E-state index contributed by atoms with van der Waals surface area (Å²) in [6, 6.07) is 9.36. The first kappa shape index (κ1) is 16.9. The van der Waals surface area contributed by atoms with Crippen LogP contribution in [0.3, 0.4) is 0 Å². The molecule has 0 saturated heterocycles. The van der Waals surface area contributed by atoms with Crippen LogP contribution in [0.4, 0.5) is 0 Å². The second-order valence-electron chi connectivity index (χ2n) is 5.65. The molecule has 2 unspecified atom stereocenters. The van der Waals surface area contributed by atoms with Crippen molar-refractivity contribution in [3.8, 4) is 0 Å². The van der Waals surface area contributed by atoms with Crippen LogP contribution >= 0.6 is 22.9 Å². The van der Waals surface area contributed by atoms with E-state index in [1.165, 1.54) is 0 Å². The van der Waals surface area contributed by atoms with Gasteiger partial charge in [0.25, 0.3) is 0 Å². The lowest BCUT2D eigenvalue weighted by Crippen LogP contribution is -2.34.